The van der Waals surface area contributed by atoms with Crippen molar-refractivity contribution >= 4 is 27.6 Å². The Morgan fingerprint density at radius 2 is 2.26 bits per heavy atom. The fourth-order valence-corrected chi connectivity index (χ4v) is 3.07. The molecule has 1 aromatic rings. The maximum atomic E-state index is 11.1. The number of hydrogen-bond acceptors (Lipinski definition) is 3. The van der Waals surface area contributed by atoms with Gasteiger partial charge in [-0.2, -0.15) is 0 Å². The van der Waals surface area contributed by atoms with Crippen LogP contribution in [0.5, 0.6) is 0 Å². The number of likely N-dealkylation sites (tertiary alicyclic amines) is 1. The highest BCUT2D eigenvalue weighted by molar-refractivity contribution is 9.10. The van der Waals surface area contributed by atoms with Crippen LogP contribution in [0.25, 0.3) is 0 Å². The van der Waals surface area contributed by atoms with E-state index in [4.69, 9.17) is 5.11 Å². The quantitative estimate of drug-likeness (QED) is 0.923. The van der Waals surface area contributed by atoms with E-state index in [1.54, 1.807) is 12.1 Å². The molecule has 0 amide bonds. The van der Waals surface area contributed by atoms with Crippen molar-refractivity contribution in [1.82, 2.24) is 4.90 Å². The number of rotatable bonds is 4. The number of halogens is 1. The minimum atomic E-state index is -0.892. The highest BCUT2D eigenvalue weighted by Crippen LogP contribution is 2.24. The first kappa shape index (κ1) is 14.3. The summed E-state index contributed by atoms with van der Waals surface area (Å²) in [5.74, 6) is -0.237. The smallest absolute Gasteiger partial charge is 0.335 e. The second kappa shape index (κ2) is 5.92. The zero-order chi connectivity index (χ0) is 14.0. The molecule has 0 saturated carbocycles. The lowest BCUT2D eigenvalue weighted by Gasteiger charge is -2.23. The van der Waals surface area contributed by atoms with Gasteiger partial charge in [-0.3, -0.25) is 0 Å². The van der Waals surface area contributed by atoms with Crippen LogP contribution < -0.4 is 4.90 Å². The molecule has 4 nitrogen and oxygen atoms in total. The molecule has 1 N–H and O–H groups in total. The van der Waals surface area contributed by atoms with Gasteiger partial charge < -0.3 is 14.9 Å². The van der Waals surface area contributed by atoms with Crippen LogP contribution in [-0.4, -0.2) is 49.7 Å². The number of carboxylic acid groups (broad SMARTS) is 1. The van der Waals surface area contributed by atoms with Crippen LogP contribution in [0.4, 0.5) is 5.69 Å². The first-order chi connectivity index (χ1) is 8.95. The van der Waals surface area contributed by atoms with Crippen molar-refractivity contribution in [3.8, 4) is 0 Å². The summed E-state index contributed by atoms with van der Waals surface area (Å²) in [5.41, 5.74) is 1.26. The topological polar surface area (TPSA) is 43.8 Å². The third-order valence-corrected chi connectivity index (χ3v) is 4.05. The minimum Gasteiger partial charge on any atom is -0.478 e. The van der Waals surface area contributed by atoms with E-state index in [0.29, 0.717) is 11.5 Å². The average Bonchev–Trinajstić information content (AvgIpc) is 2.73. The van der Waals surface area contributed by atoms with E-state index in [0.717, 1.165) is 29.8 Å². The molecule has 1 atom stereocenters. The summed E-state index contributed by atoms with van der Waals surface area (Å²) in [6.07, 6.45) is 1.21. The van der Waals surface area contributed by atoms with Gasteiger partial charge in [-0.1, -0.05) is 15.9 Å². The number of hydrogen-bond donors (Lipinski definition) is 1. The molecule has 0 bridgehead atoms. The largest absolute Gasteiger partial charge is 0.478 e. The lowest BCUT2D eigenvalue weighted by molar-refractivity contribution is 0.0697. The van der Waals surface area contributed by atoms with Crippen molar-refractivity contribution in [3.05, 3.63) is 28.2 Å². The van der Waals surface area contributed by atoms with Gasteiger partial charge in [0.2, 0.25) is 0 Å². The summed E-state index contributed by atoms with van der Waals surface area (Å²) >= 11 is 3.37. The van der Waals surface area contributed by atoms with Crippen LogP contribution in [0.3, 0.4) is 0 Å². The number of anilines is 1. The minimum absolute atomic E-state index is 0.319. The van der Waals surface area contributed by atoms with Crippen molar-refractivity contribution in [1.29, 1.82) is 0 Å². The van der Waals surface area contributed by atoms with E-state index in [1.807, 2.05) is 13.1 Å². The molecule has 2 rings (SSSR count). The maximum absolute atomic E-state index is 11.1. The molecular formula is C14H19BrN2O2. The van der Waals surface area contributed by atoms with Gasteiger partial charge in [0.15, 0.2) is 0 Å². The highest BCUT2D eigenvalue weighted by atomic mass is 79.9. The van der Waals surface area contributed by atoms with Crippen LogP contribution in [0.2, 0.25) is 0 Å². The predicted molar refractivity (Wildman–Crippen MR) is 80.0 cm³/mol. The van der Waals surface area contributed by atoms with Crippen LogP contribution in [0.1, 0.15) is 16.8 Å². The van der Waals surface area contributed by atoms with Crippen molar-refractivity contribution in [2.45, 2.75) is 6.42 Å². The van der Waals surface area contributed by atoms with Crippen molar-refractivity contribution < 1.29 is 9.90 Å². The molecule has 0 spiro atoms. The summed E-state index contributed by atoms with van der Waals surface area (Å²) in [6, 6.07) is 5.32. The second-order valence-electron chi connectivity index (χ2n) is 5.30. The number of nitrogens with zero attached hydrogens (tertiary/aromatic N) is 2. The van der Waals surface area contributed by atoms with Crippen LogP contribution >= 0.6 is 15.9 Å². The molecule has 1 aliphatic rings. The molecular weight excluding hydrogens is 308 g/mol. The number of benzene rings is 1. The Bertz CT molecular complexity index is 479. The molecule has 0 aromatic heterocycles. The Morgan fingerprint density at radius 1 is 1.53 bits per heavy atom. The van der Waals surface area contributed by atoms with E-state index in [2.05, 4.69) is 32.8 Å². The third kappa shape index (κ3) is 3.70. The van der Waals surface area contributed by atoms with Gasteiger partial charge in [0.25, 0.3) is 0 Å². The fraction of sp³-hybridized carbons (Fsp3) is 0.500. The average molecular weight is 327 g/mol. The van der Waals surface area contributed by atoms with Crippen molar-refractivity contribution in [2.24, 2.45) is 5.92 Å². The van der Waals surface area contributed by atoms with Crippen LogP contribution in [0, 0.1) is 5.92 Å². The standard InChI is InChI=1S/C14H19BrN2O2/c1-16-4-3-10(8-16)9-17(2)13-6-11(14(18)19)5-12(15)7-13/h5-7,10H,3-4,8-9H2,1-2H3,(H,18,19). The van der Waals surface area contributed by atoms with Gasteiger partial charge in [0.1, 0.15) is 0 Å². The maximum Gasteiger partial charge on any atom is 0.335 e. The summed E-state index contributed by atoms with van der Waals surface area (Å²) < 4.78 is 0.804. The summed E-state index contributed by atoms with van der Waals surface area (Å²) in [5, 5.41) is 9.09. The Kier molecular flexibility index (Phi) is 4.47. The molecule has 0 radical (unpaired) electrons. The van der Waals surface area contributed by atoms with E-state index in [9.17, 15) is 4.79 Å². The van der Waals surface area contributed by atoms with E-state index in [1.165, 1.54) is 6.42 Å². The number of aromatic carboxylic acids is 1. The van der Waals surface area contributed by atoms with E-state index in [-0.39, 0.29) is 0 Å². The molecule has 1 heterocycles. The summed E-state index contributed by atoms with van der Waals surface area (Å²) in [7, 11) is 4.16. The van der Waals surface area contributed by atoms with Gasteiger partial charge in [0.05, 0.1) is 5.56 Å². The third-order valence-electron chi connectivity index (χ3n) is 3.59. The van der Waals surface area contributed by atoms with Gasteiger partial charge in [-0.05, 0) is 44.1 Å². The van der Waals surface area contributed by atoms with Crippen molar-refractivity contribution in [3.63, 3.8) is 0 Å². The monoisotopic (exact) mass is 326 g/mol. The highest BCUT2D eigenvalue weighted by Gasteiger charge is 2.21. The SMILES string of the molecule is CN1CCC(CN(C)c2cc(Br)cc(C(=O)O)c2)C1. The first-order valence-corrected chi connectivity index (χ1v) is 7.18. The van der Waals surface area contributed by atoms with Crippen molar-refractivity contribution in [2.75, 3.05) is 38.6 Å². The second-order valence-corrected chi connectivity index (χ2v) is 6.22. The predicted octanol–water partition coefficient (Wildman–Crippen LogP) is 2.54. The van der Waals surface area contributed by atoms with E-state index >= 15 is 0 Å². The first-order valence-electron chi connectivity index (χ1n) is 6.39. The lowest BCUT2D eigenvalue weighted by Crippen LogP contribution is -2.27. The summed E-state index contributed by atoms with van der Waals surface area (Å²) in [4.78, 5) is 15.5. The molecule has 0 aliphatic carbocycles. The Morgan fingerprint density at radius 3 is 2.84 bits per heavy atom. The van der Waals surface area contributed by atoms with Gasteiger partial charge in [-0.25, -0.2) is 4.79 Å². The molecule has 19 heavy (non-hydrogen) atoms. The van der Waals surface area contributed by atoms with Gasteiger partial charge >= 0.3 is 5.97 Å². The molecule has 1 unspecified atom stereocenters. The molecule has 1 aliphatic heterocycles. The van der Waals surface area contributed by atoms with Crippen LogP contribution in [-0.2, 0) is 0 Å². The Balaban J connectivity index is 2.10. The van der Waals surface area contributed by atoms with Gasteiger partial charge in [0, 0.05) is 30.3 Å². The molecule has 1 aromatic carbocycles. The zero-order valence-corrected chi connectivity index (χ0v) is 12.9. The zero-order valence-electron chi connectivity index (χ0n) is 11.3. The van der Waals surface area contributed by atoms with E-state index < -0.39 is 5.97 Å². The normalized spacial score (nSPS) is 19.6. The summed E-state index contributed by atoms with van der Waals surface area (Å²) in [6.45, 7) is 3.22. The fourth-order valence-electron chi connectivity index (χ4n) is 2.59. The number of carbonyl (C=O) groups is 1. The van der Waals surface area contributed by atoms with Gasteiger partial charge in [-0.15, -0.1) is 0 Å². The molecule has 104 valence electrons. The van der Waals surface area contributed by atoms with Crippen LogP contribution in [0.15, 0.2) is 22.7 Å². The lowest BCUT2D eigenvalue weighted by atomic mass is 10.1. The Hall–Kier alpha value is -1.07. The Labute approximate surface area is 122 Å². The molecule has 1 fully saturated rings. The molecule has 5 heteroatoms. The number of carboxylic acids is 1. The molecule has 1 saturated heterocycles.